The van der Waals surface area contributed by atoms with Gasteiger partial charge in [0.05, 0.1) is 0 Å². The van der Waals surface area contributed by atoms with Crippen LogP contribution >= 0.6 is 0 Å². The van der Waals surface area contributed by atoms with Gasteiger partial charge in [-0.3, -0.25) is 5.32 Å². The van der Waals surface area contributed by atoms with Crippen LogP contribution in [0.4, 0.5) is 0 Å². The van der Waals surface area contributed by atoms with E-state index in [1.165, 1.54) is 0 Å². The van der Waals surface area contributed by atoms with Crippen LogP contribution < -0.4 is 5.32 Å². The fourth-order valence-electron chi connectivity index (χ4n) is 1.82. The number of hydrogen-bond acceptors (Lipinski definition) is 3. The van der Waals surface area contributed by atoms with Crippen molar-refractivity contribution in [2.75, 3.05) is 13.1 Å². The third kappa shape index (κ3) is 3.00. The number of aryl methyl sites for hydroxylation is 1. The standard InChI is InChI=1S/C12H16N4O2/c1-9-5-3-4-6-10(9)12(2,11(17)18)14-7-8-15-16-13/h3-6,14H,7-8H2,1-2H3,(H,17,18). The number of nitrogens with zero attached hydrogens (tertiary/aromatic N) is 3. The van der Waals surface area contributed by atoms with Crippen LogP contribution in [0.15, 0.2) is 29.4 Å². The predicted octanol–water partition coefficient (Wildman–Crippen LogP) is 2.19. The van der Waals surface area contributed by atoms with Crippen molar-refractivity contribution in [3.05, 3.63) is 45.8 Å². The van der Waals surface area contributed by atoms with Crippen LogP contribution in [-0.2, 0) is 10.3 Å². The second-order valence-electron chi connectivity index (χ2n) is 4.13. The second kappa shape index (κ2) is 6.05. The first-order valence-corrected chi connectivity index (χ1v) is 5.57. The Balaban J connectivity index is 2.97. The molecular weight excluding hydrogens is 232 g/mol. The monoisotopic (exact) mass is 248 g/mol. The summed E-state index contributed by atoms with van der Waals surface area (Å²) in [6.07, 6.45) is 0. The molecule has 0 aromatic heterocycles. The van der Waals surface area contributed by atoms with Crippen LogP contribution in [0.25, 0.3) is 10.4 Å². The van der Waals surface area contributed by atoms with Crippen molar-refractivity contribution in [1.29, 1.82) is 0 Å². The lowest BCUT2D eigenvalue weighted by Crippen LogP contribution is -2.48. The number of azide groups is 1. The number of carboxylic acids is 1. The van der Waals surface area contributed by atoms with Gasteiger partial charge < -0.3 is 5.11 Å². The fourth-order valence-corrected chi connectivity index (χ4v) is 1.82. The fraction of sp³-hybridized carbons (Fsp3) is 0.417. The van der Waals surface area contributed by atoms with E-state index < -0.39 is 11.5 Å². The Morgan fingerprint density at radius 3 is 2.78 bits per heavy atom. The third-order valence-electron chi connectivity index (χ3n) is 2.87. The number of carbonyl (C=O) groups is 1. The van der Waals surface area contributed by atoms with Gasteiger partial charge in [0.2, 0.25) is 0 Å². The van der Waals surface area contributed by atoms with Crippen molar-refractivity contribution in [1.82, 2.24) is 5.32 Å². The lowest BCUT2D eigenvalue weighted by atomic mass is 9.88. The molecule has 96 valence electrons. The summed E-state index contributed by atoms with van der Waals surface area (Å²) in [7, 11) is 0. The van der Waals surface area contributed by atoms with Crippen molar-refractivity contribution < 1.29 is 9.90 Å². The number of nitrogens with one attached hydrogen (secondary N) is 1. The van der Waals surface area contributed by atoms with Crippen LogP contribution in [0.3, 0.4) is 0 Å². The predicted molar refractivity (Wildman–Crippen MR) is 68.2 cm³/mol. The third-order valence-corrected chi connectivity index (χ3v) is 2.87. The minimum atomic E-state index is -1.18. The Morgan fingerprint density at radius 2 is 2.22 bits per heavy atom. The van der Waals surface area contributed by atoms with Crippen LogP contribution in [0.5, 0.6) is 0 Å². The first kappa shape index (κ1) is 14.0. The van der Waals surface area contributed by atoms with E-state index in [0.717, 1.165) is 5.56 Å². The molecule has 0 bridgehead atoms. The Hall–Kier alpha value is -2.04. The quantitative estimate of drug-likeness (QED) is 0.349. The molecule has 18 heavy (non-hydrogen) atoms. The molecule has 1 aromatic rings. The summed E-state index contributed by atoms with van der Waals surface area (Å²) in [5.41, 5.74) is 8.60. The van der Waals surface area contributed by atoms with Crippen LogP contribution in [0.1, 0.15) is 18.1 Å². The molecule has 6 nitrogen and oxygen atoms in total. The van der Waals surface area contributed by atoms with Gasteiger partial charge in [0, 0.05) is 18.0 Å². The van der Waals surface area contributed by atoms with Gasteiger partial charge in [-0.1, -0.05) is 29.4 Å². The summed E-state index contributed by atoms with van der Waals surface area (Å²) in [5.74, 6) is -0.960. The number of carboxylic acid groups (broad SMARTS) is 1. The van der Waals surface area contributed by atoms with Gasteiger partial charge in [0.15, 0.2) is 0 Å². The summed E-state index contributed by atoms with van der Waals surface area (Å²) >= 11 is 0. The SMILES string of the molecule is Cc1ccccc1C(C)(NCCN=[N+]=[N-])C(=O)O. The molecule has 0 saturated carbocycles. The molecule has 0 saturated heterocycles. The van der Waals surface area contributed by atoms with Crippen LogP contribution in [0.2, 0.25) is 0 Å². The Kier molecular flexibility index (Phi) is 4.71. The largest absolute Gasteiger partial charge is 0.480 e. The van der Waals surface area contributed by atoms with Gasteiger partial charge in [-0.15, -0.1) is 0 Å². The molecule has 0 heterocycles. The molecule has 2 N–H and O–H groups in total. The molecule has 0 amide bonds. The van der Waals surface area contributed by atoms with Gasteiger partial charge >= 0.3 is 5.97 Å². The van der Waals surface area contributed by atoms with E-state index in [1.54, 1.807) is 19.1 Å². The second-order valence-corrected chi connectivity index (χ2v) is 4.13. The lowest BCUT2D eigenvalue weighted by molar-refractivity contribution is -0.144. The zero-order chi connectivity index (χ0) is 13.6. The molecule has 0 aliphatic carbocycles. The van der Waals surface area contributed by atoms with E-state index in [-0.39, 0.29) is 6.54 Å². The highest BCUT2D eigenvalue weighted by Gasteiger charge is 2.35. The minimum Gasteiger partial charge on any atom is -0.480 e. The maximum absolute atomic E-state index is 11.5. The number of rotatable bonds is 6. The van der Waals surface area contributed by atoms with Crippen molar-refractivity contribution in [2.45, 2.75) is 19.4 Å². The first-order chi connectivity index (χ1) is 8.52. The Bertz CT molecular complexity index is 483. The molecule has 0 aliphatic rings. The zero-order valence-corrected chi connectivity index (χ0v) is 10.4. The van der Waals surface area contributed by atoms with E-state index in [9.17, 15) is 9.90 Å². The maximum Gasteiger partial charge on any atom is 0.328 e. The van der Waals surface area contributed by atoms with Gasteiger partial charge in [0.25, 0.3) is 0 Å². The smallest absolute Gasteiger partial charge is 0.328 e. The molecule has 1 atom stereocenters. The van der Waals surface area contributed by atoms with E-state index in [4.69, 9.17) is 5.53 Å². The normalized spacial score (nSPS) is 13.4. The Labute approximate surface area is 105 Å². The van der Waals surface area contributed by atoms with E-state index in [0.29, 0.717) is 12.1 Å². The number of benzene rings is 1. The molecule has 0 fully saturated rings. The maximum atomic E-state index is 11.5. The number of hydrogen-bond donors (Lipinski definition) is 2. The lowest BCUT2D eigenvalue weighted by Gasteiger charge is -2.28. The van der Waals surface area contributed by atoms with Crippen LogP contribution in [0, 0.1) is 6.92 Å². The number of aliphatic carboxylic acids is 1. The summed E-state index contributed by atoms with van der Waals surface area (Å²) in [6, 6.07) is 7.31. The zero-order valence-electron chi connectivity index (χ0n) is 10.4. The minimum absolute atomic E-state index is 0.214. The van der Waals surface area contributed by atoms with Gasteiger partial charge in [0.1, 0.15) is 5.54 Å². The summed E-state index contributed by atoms with van der Waals surface area (Å²) < 4.78 is 0. The van der Waals surface area contributed by atoms with E-state index in [2.05, 4.69) is 15.3 Å². The van der Waals surface area contributed by atoms with E-state index in [1.807, 2.05) is 19.1 Å². The Morgan fingerprint density at radius 1 is 1.56 bits per heavy atom. The summed E-state index contributed by atoms with van der Waals surface area (Å²) in [5, 5.41) is 15.7. The highest BCUT2D eigenvalue weighted by atomic mass is 16.4. The molecule has 1 unspecified atom stereocenters. The average Bonchev–Trinajstić information content (AvgIpc) is 2.34. The molecule has 0 aliphatic heterocycles. The average molecular weight is 248 g/mol. The van der Waals surface area contributed by atoms with Gasteiger partial charge in [-0.2, -0.15) is 0 Å². The summed E-state index contributed by atoms with van der Waals surface area (Å²) in [6.45, 7) is 3.99. The molecular formula is C12H16N4O2. The van der Waals surface area contributed by atoms with Crippen molar-refractivity contribution >= 4 is 5.97 Å². The van der Waals surface area contributed by atoms with E-state index >= 15 is 0 Å². The van der Waals surface area contributed by atoms with Crippen molar-refractivity contribution in [3.63, 3.8) is 0 Å². The van der Waals surface area contributed by atoms with Crippen LogP contribution in [-0.4, -0.2) is 24.2 Å². The summed E-state index contributed by atoms with van der Waals surface area (Å²) in [4.78, 5) is 14.1. The molecule has 0 spiro atoms. The first-order valence-electron chi connectivity index (χ1n) is 5.57. The topological polar surface area (TPSA) is 98.1 Å². The van der Waals surface area contributed by atoms with Gasteiger partial charge in [-0.25, -0.2) is 4.79 Å². The highest BCUT2D eigenvalue weighted by molar-refractivity contribution is 5.80. The van der Waals surface area contributed by atoms with Gasteiger partial charge in [-0.05, 0) is 30.5 Å². The molecule has 1 aromatic carbocycles. The molecule has 0 radical (unpaired) electrons. The highest BCUT2D eigenvalue weighted by Crippen LogP contribution is 2.24. The molecule has 1 rings (SSSR count). The van der Waals surface area contributed by atoms with Crippen molar-refractivity contribution in [2.24, 2.45) is 5.11 Å². The molecule has 6 heteroatoms. The van der Waals surface area contributed by atoms with Crippen molar-refractivity contribution in [3.8, 4) is 0 Å².